The molecular formula is C16H20N6O2. The minimum atomic E-state index is -0.178. The van der Waals surface area contributed by atoms with Crippen LogP contribution in [0.5, 0.6) is 0 Å². The minimum absolute atomic E-state index is 0.178. The quantitative estimate of drug-likeness (QED) is 0.742. The first-order chi connectivity index (χ1) is 11.6. The first kappa shape index (κ1) is 16.1. The van der Waals surface area contributed by atoms with Crippen LogP contribution in [0.4, 0.5) is 0 Å². The summed E-state index contributed by atoms with van der Waals surface area (Å²) in [5.74, 6) is 0.877. The summed E-state index contributed by atoms with van der Waals surface area (Å²) in [5.41, 5.74) is 1.75. The monoisotopic (exact) mass is 328 g/mol. The summed E-state index contributed by atoms with van der Waals surface area (Å²) in [6, 6.07) is 1.78. The number of carbonyl (C=O) groups is 1. The Bertz CT molecular complexity index is 851. The molecular weight excluding hydrogens is 308 g/mol. The number of hydrogen-bond donors (Lipinski definition) is 1. The van der Waals surface area contributed by atoms with Crippen LogP contribution in [0, 0.1) is 0 Å². The maximum atomic E-state index is 12.3. The zero-order valence-electron chi connectivity index (χ0n) is 14.0. The van der Waals surface area contributed by atoms with E-state index in [1.807, 2.05) is 25.3 Å². The Morgan fingerprint density at radius 3 is 3.00 bits per heavy atom. The normalized spacial score (nSPS) is 11.3. The molecule has 3 aromatic rings. The topological polar surface area (TPSA) is 98.7 Å². The third kappa shape index (κ3) is 3.12. The van der Waals surface area contributed by atoms with E-state index < -0.39 is 0 Å². The van der Waals surface area contributed by atoms with E-state index in [0.29, 0.717) is 24.2 Å². The van der Waals surface area contributed by atoms with Crippen molar-refractivity contribution in [2.24, 2.45) is 0 Å². The number of nitrogens with one attached hydrogen (secondary N) is 1. The molecule has 0 radical (unpaired) electrons. The number of rotatable bonds is 6. The van der Waals surface area contributed by atoms with Gasteiger partial charge in [-0.3, -0.25) is 4.79 Å². The largest absolute Gasteiger partial charge is 0.352 e. The van der Waals surface area contributed by atoms with Gasteiger partial charge in [0.15, 0.2) is 0 Å². The molecule has 8 nitrogen and oxygen atoms in total. The van der Waals surface area contributed by atoms with Gasteiger partial charge in [0.2, 0.25) is 0 Å². The van der Waals surface area contributed by atoms with Crippen molar-refractivity contribution in [3.63, 3.8) is 0 Å². The van der Waals surface area contributed by atoms with E-state index in [0.717, 1.165) is 23.4 Å². The van der Waals surface area contributed by atoms with Crippen molar-refractivity contribution in [3.8, 4) is 0 Å². The minimum Gasteiger partial charge on any atom is -0.352 e. The first-order valence-corrected chi connectivity index (χ1v) is 8.00. The number of pyridine rings is 1. The molecule has 0 atom stereocenters. The SMILES string of the molecule is CCn1cnnc1CCNC(=O)c1cnc2onc(C(C)C)c2c1. The van der Waals surface area contributed by atoms with Crippen LogP contribution in [0.25, 0.3) is 11.1 Å². The predicted octanol–water partition coefficient (Wildman–Crippen LogP) is 1.93. The van der Waals surface area contributed by atoms with Gasteiger partial charge in [0, 0.05) is 25.7 Å². The average Bonchev–Trinajstić information content (AvgIpc) is 3.20. The Morgan fingerprint density at radius 1 is 1.42 bits per heavy atom. The lowest BCUT2D eigenvalue weighted by molar-refractivity contribution is 0.0953. The van der Waals surface area contributed by atoms with Crippen LogP contribution in [0.3, 0.4) is 0 Å². The van der Waals surface area contributed by atoms with Gasteiger partial charge in [-0.1, -0.05) is 19.0 Å². The van der Waals surface area contributed by atoms with Crippen LogP contribution >= 0.6 is 0 Å². The number of hydrogen-bond acceptors (Lipinski definition) is 6. The molecule has 0 aliphatic carbocycles. The molecule has 3 aromatic heterocycles. The first-order valence-electron chi connectivity index (χ1n) is 8.00. The highest BCUT2D eigenvalue weighted by molar-refractivity contribution is 5.97. The number of amides is 1. The molecule has 3 heterocycles. The van der Waals surface area contributed by atoms with Crippen molar-refractivity contribution in [2.45, 2.75) is 39.7 Å². The highest BCUT2D eigenvalue weighted by Crippen LogP contribution is 2.23. The van der Waals surface area contributed by atoms with Gasteiger partial charge in [-0.2, -0.15) is 0 Å². The van der Waals surface area contributed by atoms with Crippen LogP contribution in [0.15, 0.2) is 23.1 Å². The number of aromatic nitrogens is 5. The molecule has 0 aromatic carbocycles. The van der Waals surface area contributed by atoms with Crippen LogP contribution in [0.2, 0.25) is 0 Å². The summed E-state index contributed by atoms with van der Waals surface area (Å²) in [5, 5.41) is 15.6. The van der Waals surface area contributed by atoms with E-state index in [1.165, 1.54) is 6.20 Å². The molecule has 0 fully saturated rings. The van der Waals surface area contributed by atoms with E-state index in [4.69, 9.17) is 4.52 Å². The second-order valence-corrected chi connectivity index (χ2v) is 5.84. The number of fused-ring (bicyclic) bond motifs is 1. The number of nitrogens with zero attached hydrogens (tertiary/aromatic N) is 5. The summed E-state index contributed by atoms with van der Waals surface area (Å²) in [7, 11) is 0. The molecule has 1 amide bonds. The fourth-order valence-corrected chi connectivity index (χ4v) is 2.52. The molecule has 0 saturated heterocycles. The number of carbonyl (C=O) groups excluding carboxylic acids is 1. The van der Waals surface area contributed by atoms with Gasteiger partial charge in [0.25, 0.3) is 11.6 Å². The van der Waals surface area contributed by atoms with Crippen molar-refractivity contribution in [2.75, 3.05) is 6.54 Å². The lowest BCUT2D eigenvalue weighted by atomic mass is 10.1. The molecule has 1 N–H and O–H groups in total. The molecule has 3 rings (SSSR count). The maximum absolute atomic E-state index is 12.3. The van der Waals surface area contributed by atoms with Gasteiger partial charge < -0.3 is 14.4 Å². The second-order valence-electron chi connectivity index (χ2n) is 5.84. The highest BCUT2D eigenvalue weighted by atomic mass is 16.5. The van der Waals surface area contributed by atoms with E-state index in [9.17, 15) is 4.79 Å². The van der Waals surface area contributed by atoms with Gasteiger partial charge in [-0.25, -0.2) is 4.98 Å². The molecule has 126 valence electrons. The van der Waals surface area contributed by atoms with Crippen molar-refractivity contribution >= 4 is 17.0 Å². The van der Waals surface area contributed by atoms with E-state index in [2.05, 4.69) is 25.7 Å². The Kier molecular flexibility index (Phi) is 4.54. The number of aryl methyl sites for hydroxylation is 1. The summed E-state index contributed by atoms with van der Waals surface area (Å²) in [6.45, 7) is 7.36. The van der Waals surface area contributed by atoms with Gasteiger partial charge in [0.1, 0.15) is 12.2 Å². The maximum Gasteiger partial charge on any atom is 0.257 e. The van der Waals surface area contributed by atoms with Crippen molar-refractivity contribution in [3.05, 3.63) is 35.7 Å². The summed E-state index contributed by atoms with van der Waals surface area (Å²) >= 11 is 0. The molecule has 24 heavy (non-hydrogen) atoms. The Labute approximate surface area is 139 Å². The second kappa shape index (κ2) is 6.77. The Morgan fingerprint density at radius 2 is 2.25 bits per heavy atom. The zero-order valence-corrected chi connectivity index (χ0v) is 14.0. The summed E-state index contributed by atoms with van der Waals surface area (Å²) in [4.78, 5) is 16.5. The Balaban J connectivity index is 1.68. The van der Waals surface area contributed by atoms with Gasteiger partial charge >= 0.3 is 0 Å². The average molecular weight is 328 g/mol. The van der Waals surface area contributed by atoms with Crippen molar-refractivity contribution in [1.29, 1.82) is 0 Å². The van der Waals surface area contributed by atoms with Crippen LogP contribution in [-0.2, 0) is 13.0 Å². The lowest BCUT2D eigenvalue weighted by Crippen LogP contribution is -2.26. The molecule has 0 aliphatic rings. The molecule has 0 unspecified atom stereocenters. The molecule has 8 heteroatoms. The third-order valence-electron chi connectivity index (χ3n) is 3.84. The predicted molar refractivity (Wildman–Crippen MR) is 87.6 cm³/mol. The van der Waals surface area contributed by atoms with E-state index in [1.54, 1.807) is 12.4 Å². The van der Waals surface area contributed by atoms with Crippen LogP contribution in [-0.4, -0.2) is 37.4 Å². The Hall–Kier alpha value is -2.77. The summed E-state index contributed by atoms with van der Waals surface area (Å²) in [6.07, 6.45) is 3.82. The fourth-order valence-electron chi connectivity index (χ4n) is 2.52. The smallest absolute Gasteiger partial charge is 0.257 e. The molecule has 0 saturated carbocycles. The fraction of sp³-hybridized carbons (Fsp3) is 0.438. The van der Waals surface area contributed by atoms with E-state index in [-0.39, 0.29) is 11.8 Å². The van der Waals surface area contributed by atoms with Crippen LogP contribution in [0.1, 0.15) is 48.6 Å². The van der Waals surface area contributed by atoms with Gasteiger partial charge in [-0.05, 0) is 18.9 Å². The molecule has 0 bridgehead atoms. The summed E-state index contributed by atoms with van der Waals surface area (Å²) < 4.78 is 7.14. The van der Waals surface area contributed by atoms with Gasteiger partial charge in [-0.15, -0.1) is 10.2 Å². The highest BCUT2D eigenvalue weighted by Gasteiger charge is 2.15. The lowest BCUT2D eigenvalue weighted by Gasteiger charge is -2.06. The van der Waals surface area contributed by atoms with Gasteiger partial charge in [0.05, 0.1) is 16.6 Å². The van der Waals surface area contributed by atoms with Crippen molar-refractivity contribution in [1.82, 2.24) is 30.2 Å². The zero-order chi connectivity index (χ0) is 17.1. The van der Waals surface area contributed by atoms with E-state index >= 15 is 0 Å². The molecule has 0 spiro atoms. The standard InChI is InChI=1S/C16H20N6O2/c1-4-22-9-19-20-13(22)5-6-17-15(23)11-7-12-14(10(2)3)21-24-16(12)18-8-11/h7-10H,4-6H2,1-3H3,(H,17,23). The van der Waals surface area contributed by atoms with Crippen LogP contribution < -0.4 is 5.32 Å². The third-order valence-corrected chi connectivity index (χ3v) is 3.84. The molecule has 0 aliphatic heterocycles. The van der Waals surface area contributed by atoms with Crippen molar-refractivity contribution < 1.29 is 9.32 Å².